The average Bonchev–Trinajstić information content (AvgIpc) is 3.60. The molecule has 2 amide bonds. The maximum atomic E-state index is 13.7. The van der Waals surface area contributed by atoms with E-state index in [4.69, 9.17) is 9.72 Å². The fraction of sp³-hybridized carbons (Fsp3) is 0.577. The summed E-state index contributed by atoms with van der Waals surface area (Å²) in [7, 11) is 0. The van der Waals surface area contributed by atoms with Crippen molar-refractivity contribution in [2.75, 3.05) is 38.1 Å². The number of hydrogen-bond donors (Lipinski definition) is 1. The second kappa shape index (κ2) is 10.4. The number of nitrogens with one attached hydrogen (secondary N) is 1. The monoisotopic (exact) mass is 482 g/mol. The summed E-state index contributed by atoms with van der Waals surface area (Å²) >= 11 is 1.51. The molecule has 182 valence electrons. The molecule has 0 bridgehead atoms. The van der Waals surface area contributed by atoms with Gasteiger partial charge in [-0.1, -0.05) is 12.1 Å². The second-order valence-corrected chi connectivity index (χ2v) is 10.6. The molecule has 0 spiro atoms. The van der Waals surface area contributed by atoms with Crippen LogP contribution in [-0.2, 0) is 11.2 Å². The van der Waals surface area contributed by atoms with Crippen LogP contribution in [0.15, 0.2) is 24.3 Å². The SMILES string of the molecule is CCOc1ccccc1C(=O)Nc1nc2c(s1)CCCC2C(=O)N1CCCC1CN1CCCC1. The van der Waals surface area contributed by atoms with Crippen LogP contribution in [0.4, 0.5) is 5.13 Å². The summed E-state index contributed by atoms with van der Waals surface area (Å²) in [5, 5.41) is 3.52. The van der Waals surface area contributed by atoms with E-state index in [-0.39, 0.29) is 17.7 Å². The zero-order valence-electron chi connectivity index (χ0n) is 19.9. The summed E-state index contributed by atoms with van der Waals surface area (Å²) in [5.74, 6) is 0.367. The number of anilines is 1. The number of ether oxygens (including phenoxy) is 1. The first-order chi connectivity index (χ1) is 16.6. The van der Waals surface area contributed by atoms with E-state index in [9.17, 15) is 9.59 Å². The number of amides is 2. The van der Waals surface area contributed by atoms with Crippen molar-refractivity contribution in [2.45, 2.75) is 63.8 Å². The second-order valence-electron chi connectivity index (χ2n) is 9.49. The highest BCUT2D eigenvalue weighted by Gasteiger charge is 2.38. The Labute approximate surface area is 205 Å². The van der Waals surface area contributed by atoms with Gasteiger partial charge in [-0.25, -0.2) is 4.98 Å². The predicted octanol–water partition coefficient (Wildman–Crippen LogP) is 4.30. The van der Waals surface area contributed by atoms with Crippen molar-refractivity contribution in [3.05, 3.63) is 40.4 Å². The van der Waals surface area contributed by atoms with Gasteiger partial charge in [0.15, 0.2) is 5.13 Å². The fourth-order valence-corrected chi connectivity index (χ4v) is 6.65. The highest BCUT2D eigenvalue weighted by Crippen LogP contribution is 2.39. The van der Waals surface area contributed by atoms with Crippen LogP contribution in [0, 0.1) is 0 Å². The van der Waals surface area contributed by atoms with Crippen molar-refractivity contribution in [3.63, 3.8) is 0 Å². The quantitative estimate of drug-likeness (QED) is 0.637. The van der Waals surface area contributed by atoms with Crippen molar-refractivity contribution >= 4 is 28.3 Å². The number of para-hydroxylation sites is 1. The zero-order chi connectivity index (χ0) is 23.5. The normalized spacial score (nSPS) is 22.6. The van der Waals surface area contributed by atoms with E-state index in [1.807, 2.05) is 19.1 Å². The Morgan fingerprint density at radius 2 is 1.94 bits per heavy atom. The minimum Gasteiger partial charge on any atom is -0.493 e. The van der Waals surface area contributed by atoms with E-state index in [0.717, 1.165) is 68.9 Å². The molecular formula is C26H34N4O3S. The number of likely N-dealkylation sites (tertiary alicyclic amines) is 2. The number of benzene rings is 1. The lowest BCUT2D eigenvalue weighted by Crippen LogP contribution is -2.45. The van der Waals surface area contributed by atoms with Crippen LogP contribution in [-0.4, -0.2) is 65.4 Å². The van der Waals surface area contributed by atoms with E-state index in [0.29, 0.717) is 29.1 Å². The number of aromatic nitrogens is 1. The minimum absolute atomic E-state index is 0.194. The number of thiazole rings is 1. The van der Waals surface area contributed by atoms with Gasteiger partial charge in [0.2, 0.25) is 5.91 Å². The van der Waals surface area contributed by atoms with E-state index in [1.54, 1.807) is 12.1 Å². The number of aryl methyl sites for hydroxylation is 1. The maximum Gasteiger partial charge on any atom is 0.261 e. The third-order valence-electron chi connectivity index (χ3n) is 7.23. The van der Waals surface area contributed by atoms with Gasteiger partial charge in [-0.3, -0.25) is 14.9 Å². The lowest BCUT2D eigenvalue weighted by molar-refractivity contribution is -0.134. The number of rotatable bonds is 7. The Hall–Kier alpha value is -2.45. The third-order valence-corrected chi connectivity index (χ3v) is 8.28. The van der Waals surface area contributed by atoms with Gasteiger partial charge >= 0.3 is 0 Å². The molecule has 3 heterocycles. The summed E-state index contributed by atoms with van der Waals surface area (Å²) in [6.07, 6.45) is 7.46. The summed E-state index contributed by atoms with van der Waals surface area (Å²) in [6, 6.07) is 7.56. The van der Waals surface area contributed by atoms with Crippen LogP contribution in [0.1, 0.15) is 72.3 Å². The van der Waals surface area contributed by atoms with Crippen LogP contribution in [0.25, 0.3) is 0 Å². The van der Waals surface area contributed by atoms with Crippen molar-refractivity contribution in [2.24, 2.45) is 0 Å². The number of hydrogen-bond acceptors (Lipinski definition) is 6. The van der Waals surface area contributed by atoms with E-state index >= 15 is 0 Å². The molecule has 7 nitrogen and oxygen atoms in total. The van der Waals surface area contributed by atoms with Crippen molar-refractivity contribution in [3.8, 4) is 5.75 Å². The summed E-state index contributed by atoms with van der Waals surface area (Å²) in [6.45, 7) is 6.57. The molecule has 2 unspecified atom stereocenters. The molecule has 34 heavy (non-hydrogen) atoms. The molecule has 2 saturated heterocycles. The predicted molar refractivity (Wildman–Crippen MR) is 134 cm³/mol. The number of carbonyl (C=O) groups excluding carboxylic acids is 2. The lowest BCUT2D eigenvalue weighted by Gasteiger charge is -2.32. The molecule has 1 aromatic heterocycles. The van der Waals surface area contributed by atoms with Crippen molar-refractivity contribution < 1.29 is 14.3 Å². The van der Waals surface area contributed by atoms with Crippen molar-refractivity contribution in [1.29, 1.82) is 0 Å². The molecule has 2 fully saturated rings. The molecule has 0 saturated carbocycles. The largest absolute Gasteiger partial charge is 0.493 e. The van der Waals surface area contributed by atoms with Gasteiger partial charge in [0.25, 0.3) is 5.91 Å². The highest BCUT2D eigenvalue weighted by molar-refractivity contribution is 7.16. The fourth-order valence-electron chi connectivity index (χ4n) is 5.59. The van der Waals surface area contributed by atoms with E-state index in [2.05, 4.69) is 15.1 Å². The van der Waals surface area contributed by atoms with Crippen LogP contribution in [0.5, 0.6) is 5.75 Å². The van der Waals surface area contributed by atoms with Crippen molar-refractivity contribution in [1.82, 2.24) is 14.8 Å². The van der Waals surface area contributed by atoms with Crippen LogP contribution < -0.4 is 10.1 Å². The molecule has 2 aromatic rings. The number of carbonyl (C=O) groups is 2. The first kappa shape index (κ1) is 23.3. The molecule has 1 N–H and O–H groups in total. The number of nitrogens with zero attached hydrogens (tertiary/aromatic N) is 3. The molecule has 2 aliphatic heterocycles. The third kappa shape index (κ3) is 4.84. The topological polar surface area (TPSA) is 74.8 Å². The standard InChI is InChI=1S/C26H34N4O3S/c1-2-33-21-12-4-3-10-19(21)24(31)28-26-27-23-20(11-7-13-22(23)34-26)25(32)30-16-8-9-18(30)17-29-14-5-6-15-29/h3-4,10,12,18,20H,2,5-9,11,13-17H2,1H3,(H,27,28,31). The molecule has 1 aromatic carbocycles. The van der Waals surface area contributed by atoms with Gasteiger partial charge in [-0.05, 0) is 77.1 Å². The Balaban J connectivity index is 1.30. The van der Waals surface area contributed by atoms with Gasteiger partial charge in [-0.15, -0.1) is 11.3 Å². The highest BCUT2D eigenvalue weighted by atomic mass is 32.1. The van der Waals surface area contributed by atoms with E-state index in [1.165, 1.54) is 24.2 Å². The van der Waals surface area contributed by atoms with E-state index < -0.39 is 0 Å². The summed E-state index contributed by atoms with van der Waals surface area (Å²) in [4.78, 5) is 37.2. The average molecular weight is 483 g/mol. The van der Waals surface area contributed by atoms with Crippen LogP contribution in [0.3, 0.4) is 0 Å². The Kier molecular flexibility index (Phi) is 7.15. The first-order valence-corrected chi connectivity index (χ1v) is 13.5. The van der Waals surface area contributed by atoms with Gasteiger partial charge < -0.3 is 14.5 Å². The molecule has 2 atom stereocenters. The number of fused-ring (bicyclic) bond motifs is 1. The van der Waals surface area contributed by atoms with Crippen LogP contribution in [0.2, 0.25) is 0 Å². The van der Waals surface area contributed by atoms with Gasteiger partial charge in [0, 0.05) is 24.0 Å². The molecule has 1 aliphatic carbocycles. The first-order valence-electron chi connectivity index (χ1n) is 12.7. The van der Waals surface area contributed by atoms with Crippen LogP contribution >= 0.6 is 11.3 Å². The van der Waals surface area contributed by atoms with Gasteiger partial charge in [0.1, 0.15) is 5.75 Å². The Morgan fingerprint density at radius 1 is 1.12 bits per heavy atom. The lowest BCUT2D eigenvalue weighted by atomic mass is 9.89. The Bertz CT molecular complexity index is 1030. The van der Waals surface area contributed by atoms with Gasteiger partial charge in [-0.2, -0.15) is 0 Å². The molecule has 5 rings (SSSR count). The zero-order valence-corrected chi connectivity index (χ0v) is 20.7. The minimum atomic E-state index is -0.233. The maximum absolute atomic E-state index is 13.7. The molecule has 8 heteroatoms. The summed E-state index contributed by atoms with van der Waals surface area (Å²) < 4.78 is 5.61. The summed E-state index contributed by atoms with van der Waals surface area (Å²) in [5.41, 5.74) is 1.37. The molecular weight excluding hydrogens is 448 g/mol. The molecule has 3 aliphatic rings. The smallest absolute Gasteiger partial charge is 0.261 e. The van der Waals surface area contributed by atoms with Gasteiger partial charge in [0.05, 0.1) is 23.8 Å². The molecule has 0 radical (unpaired) electrons. The Morgan fingerprint density at radius 3 is 2.76 bits per heavy atom.